The van der Waals surface area contributed by atoms with Crippen LogP contribution in [-0.4, -0.2) is 0 Å². The molecule has 0 aliphatic carbocycles. The lowest BCUT2D eigenvalue weighted by Gasteiger charge is -2.07. The van der Waals surface area contributed by atoms with Crippen LogP contribution in [0.3, 0.4) is 0 Å². The number of ether oxygens (including phenoxy) is 1. The summed E-state index contributed by atoms with van der Waals surface area (Å²) in [4.78, 5) is 0. The minimum Gasteiger partial charge on any atom is -0.489 e. The molecule has 0 aromatic heterocycles. The van der Waals surface area contributed by atoms with Crippen LogP contribution in [0.25, 0.3) is 0 Å². The molecular formula is C14H10INO. The highest BCUT2D eigenvalue weighted by atomic mass is 127. The minimum atomic E-state index is 0.522. The molecule has 2 aromatic rings. The monoisotopic (exact) mass is 335 g/mol. The summed E-state index contributed by atoms with van der Waals surface area (Å²) in [6.45, 7) is 0.522. The van der Waals surface area contributed by atoms with Gasteiger partial charge >= 0.3 is 0 Å². The Hall–Kier alpha value is -1.54. The number of rotatable bonds is 3. The second-order valence-corrected chi connectivity index (χ2v) is 4.68. The molecular weight excluding hydrogens is 325 g/mol. The predicted octanol–water partition coefficient (Wildman–Crippen LogP) is 3.74. The molecule has 0 N–H and O–H groups in total. The van der Waals surface area contributed by atoms with E-state index in [4.69, 9.17) is 10.00 Å². The average molecular weight is 335 g/mol. The van der Waals surface area contributed by atoms with Gasteiger partial charge in [0.2, 0.25) is 0 Å². The van der Waals surface area contributed by atoms with Crippen LogP contribution in [0.15, 0.2) is 48.5 Å². The van der Waals surface area contributed by atoms with Gasteiger partial charge in [0.15, 0.2) is 0 Å². The molecule has 0 aliphatic rings. The summed E-state index contributed by atoms with van der Waals surface area (Å²) in [7, 11) is 0. The van der Waals surface area contributed by atoms with Gasteiger partial charge in [0, 0.05) is 9.13 Å². The summed E-state index contributed by atoms with van der Waals surface area (Å²) in [5.74, 6) is 0.726. The van der Waals surface area contributed by atoms with Gasteiger partial charge < -0.3 is 4.74 Å². The van der Waals surface area contributed by atoms with E-state index in [0.29, 0.717) is 12.2 Å². The fourth-order valence-corrected chi connectivity index (χ4v) is 1.98. The van der Waals surface area contributed by atoms with E-state index in [1.54, 1.807) is 12.1 Å². The number of hydrogen-bond donors (Lipinski definition) is 0. The molecule has 2 rings (SSSR count). The quantitative estimate of drug-likeness (QED) is 0.801. The van der Waals surface area contributed by atoms with E-state index in [1.807, 2.05) is 36.4 Å². The van der Waals surface area contributed by atoms with Crippen molar-refractivity contribution >= 4 is 22.6 Å². The normalized spacial score (nSPS) is 9.65. The zero-order valence-corrected chi connectivity index (χ0v) is 11.2. The van der Waals surface area contributed by atoms with E-state index >= 15 is 0 Å². The van der Waals surface area contributed by atoms with Crippen molar-refractivity contribution in [3.05, 3.63) is 63.2 Å². The Kier molecular flexibility index (Phi) is 3.99. The standard InChI is InChI=1S/C14H10INO/c15-14-7-2-1-5-12(14)10-17-13-6-3-4-11(8-13)9-16/h1-8H,10H2. The molecule has 0 aliphatic heterocycles. The smallest absolute Gasteiger partial charge is 0.121 e. The summed E-state index contributed by atoms with van der Waals surface area (Å²) < 4.78 is 6.84. The molecule has 0 spiro atoms. The van der Waals surface area contributed by atoms with Gasteiger partial charge in [-0.3, -0.25) is 0 Å². The number of halogens is 1. The maximum atomic E-state index is 8.78. The van der Waals surface area contributed by atoms with Gasteiger partial charge in [-0.15, -0.1) is 0 Å². The van der Waals surface area contributed by atoms with Crippen molar-refractivity contribution in [2.45, 2.75) is 6.61 Å². The molecule has 0 saturated heterocycles. The van der Waals surface area contributed by atoms with Gasteiger partial charge in [0.1, 0.15) is 12.4 Å². The third-order valence-corrected chi connectivity index (χ3v) is 3.37. The van der Waals surface area contributed by atoms with E-state index in [2.05, 4.69) is 28.7 Å². The van der Waals surface area contributed by atoms with E-state index in [1.165, 1.54) is 3.57 Å². The van der Waals surface area contributed by atoms with E-state index in [9.17, 15) is 0 Å². The van der Waals surface area contributed by atoms with Crippen LogP contribution >= 0.6 is 22.6 Å². The third-order valence-electron chi connectivity index (χ3n) is 2.32. The zero-order valence-electron chi connectivity index (χ0n) is 9.06. The van der Waals surface area contributed by atoms with Crippen LogP contribution in [0.5, 0.6) is 5.75 Å². The van der Waals surface area contributed by atoms with E-state index in [0.717, 1.165) is 11.3 Å². The molecule has 0 amide bonds. The summed E-state index contributed by atoms with van der Waals surface area (Å²) in [6, 6.07) is 17.4. The average Bonchev–Trinajstić information content (AvgIpc) is 2.38. The lowest BCUT2D eigenvalue weighted by atomic mass is 10.2. The molecule has 0 bridgehead atoms. The molecule has 17 heavy (non-hydrogen) atoms. The van der Waals surface area contributed by atoms with Crippen molar-refractivity contribution in [3.8, 4) is 11.8 Å². The van der Waals surface area contributed by atoms with Gasteiger partial charge in [-0.1, -0.05) is 24.3 Å². The summed E-state index contributed by atoms with van der Waals surface area (Å²) in [5, 5.41) is 8.78. The van der Waals surface area contributed by atoms with Crippen LogP contribution in [0.4, 0.5) is 0 Å². The van der Waals surface area contributed by atoms with Crippen LogP contribution in [-0.2, 0) is 6.61 Å². The van der Waals surface area contributed by atoms with Crippen molar-refractivity contribution in [3.63, 3.8) is 0 Å². The number of nitriles is 1. The van der Waals surface area contributed by atoms with Crippen molar-refractivity contribution in [1.29, 1.82) is 5.26 Å². The molecule has 84 valence electrons. The molecule has 0 fully saturated rings. The van der Waals surface area contributed by atoms with Gasteiger partial charge in [0.05, 0.1) is 11.6 Å². The molecule has 3 heteroatoms. The van der Waals surface area contributed by atoms with Gasteiger partial charge in [0.25, 0.3) is 0 Å². The first kappa shape index (κ1) is 11.9. The van der Waals surface area contributed by atoms with Gasteiger partial charge in [-0.2, -0.15) is 5.26 Å². The van der Waals surface area contributed by atoms with Crippen molar-refractivity contribution in [2.24, 2.45) is 0 Å². The Balaban J connectivity index is 2.08. The molecule has 0 radical (unpaired) electrons. The first-order valence-corrected chi connectivity index (χ1v) is 6.24. The Morgan fingerprint density at radius 3 is 2.71 bits per heavy atom. The first-order valence-electron chi connectivity index (χ1n) is 5.16. The van der Waals surface area contributed by atoms with Crippen LogP contribution in [0.2, 0.25) is 0 Å². The first-order chi connectivity index (χ1) is 8.29. The van der Waals surface area contributed by atoms with E-state index < -0.39 is 0 Å². The lowest BCUT2D eigenvalue weighted by molar-refractivity contribution is 0.305. The summed E-state index contributed by atoms with van der Waals surface area (Å²) in [6.07, 6.45) is 0. The Bertz CT molecular complexity index is 560. The van der Waals surface area contributed by atoms with Crippen molar-refractivity contribution in [2.75, 3.05) is 0 Å². The SMILES string of the molecule is N#Cc1cccc(OCc2ccccc2I)c1. The second-order valence-electron chi connectivity index (χ2n) is 3.52. The maximum Gasteiger partial charge on any atom is 0.121 e. The summed E-state index contributed by atoms with van der Waals surface area (Å²) >= 11 is 2.28. The zero-order chi connectivity index (χ0) is 12.1. The fraction of sp³-hybridized carbons (Fsp3) is 0.0714. The highest BCUT2D eigenvalue weighted by molar-refractivity contribution is 14.1. The number of hydrogen-bond acceptors (Lipinski definition) is 2. The van der Waals surface area contributed by atoms with E-state index in [-0.39, 0.29) is 0 Å². The van der Waals surface area contributed by atoms with Crippen molar-refractivity contribution in [1.82, 2.24) is 0 Å². The number of nitrogens with zero attached hydrogens (tertiary/aromatic N) is 1. The van der Waals surface area contributed by atoms with Gasteiger partial charge in [-0.25, -0.2) is 0 Å². The second kappa shape index (κ2) is 5.69. The van der Waals surface area contributed by atoms with Crippen molar-refractivity contribution < 1.29 is 4.74 Å². The maximum absolute atomic E-state index is 8.78. The number of benzene rings is 2. The molecule has 0 saturated carbocycles. The molecule has 0 unspecified atom stereocenters. The molecule has 0 atom stereocenters. The molecule has 0 heterocycles. The highest BCUT2D eigenvalue weighted by Crippen LogP contribution is 2.17. The fourth-order valence-electron chi connectivity index (χ4n) is 1.43. The third kappa shape index (κ3) is 3.21. The molecule has 2 aromatic carbocycles. The summed E-state index contributed by atoms with van der Waals surface area (Å²) in [5.41, 5.74) is 1.76. The Morgan fingerprint density at radius 1 is 1.12 bits per heavy atom. The lowest BCUT2D eigenvalue weighted by Crippen LogP contribution is -1.97. The minimum absolute atomic E-state index is 0.522. The van der Waals surface area contributed by atoms with Crippen LogP contribution in [0, 0.1) is 14.9 Å². The Morgan fingerprint density at radius 2 is 1.94 bits per heavy atom. The largest absolute Gasteiger partial charge is 0.489 e. The topological polar surface area (TPSA) is 33.0 Å². The van der Waals surface area contributed by atoms with Crippen LogP contribution < -0.4 is 4.74 Å². The van der Waals surface area contributed by atoms with Gasteiger partial charge in [-0.05, 0) is 46.9 Å². The highest BCUT2D eigenvalue weighted by Gasteiger charge is 2.00. The van der Waals surface area contributed by atoms with Crippen LogP contribution in [0.1, 0.15) is 11.1 Å². The Labute approximate surface area is 114 Å². The predicted molar refractivity (Wildman–Crippen MR) is 74.6 cm³/mol. The molecule has 2 nitrogen and oxygen atoms in total.